The summed E-state index contributed by atoms with van der Waals surface area (Å²) in [6.07, 6.45) is 0. The van der Waals surface area contributed by atoms with Gasteiger partial charge in [0.2, 0.25) is 5.91 Å². The molecule has 0 aliphatic carbocycles. The maximum Gasteiger partial charge on any atom is 0.254 e. The number of nitrogens with one attached hydrogen (secondary N) is 2. The molecule has 4 N–H and O–H groups in total. The number of nitrogens with two attached hydrogens (primary N) is 1. The lowest BCUT2D eigenvalue weighted by Crippen LogP contribution is -2.33. The highest BCUT2D eigenvalue weighted by Gasteiger charge is 2.14. The van der Waals surface area contributed by atoms with E-state index in [-0.39, 0.29) is 5.95 Å². The summed E-state index contributed by atoms with van der Waals surface area (Å²) in [5, 5.41) is 10.1. The maximum absolute atomic E-state index is 13.5. The summed E-state index contributed by atoms with van der Waals surface area (Å²) in [6, 6.07) is 6.10. The zero-order valence-electron chi connectivity index (χ0n) is 15.5. The Bertz CT molecular complexity index is 1030. The number of carbonyl (C=O) groups excluding carboxylic acids is 1. The maximum atomic E-state index is 13.5. The fraction of sp³-hybridized carbons (Fsp3) is 0.222. The first kappa shape index (κ1) is 19.2. The number of aryl methyl sites for hydroxylation is 2. The second kappa shape index (κ2) is 7.59. The second-order valence-corrected chi connectivity index (χ2v) is 6.30. The van der Waals surface area contributed by atoms with Gasteiger partial charge >= 0.3 is 0 Å². The van der Waals surface area contributed by atoms with Gasteiger partial charge in [-0.15, -0.1) is 0 Å². The summed E-state index contributed by atoms with van der Waals surface area (Å²) >= 11 is 0. The van der Waals surface area contributed by atoms with Crippen molar-refractivity contribution in [2.75, 3.05) is 10.6 Å². The number of anilines is 3. The minimum Gasteiger partial charge on any atom is -0.368 e. The average Bonchev–Trinajstić information content (AvgIpc) is 2.96. The van der Waals surface area contributed by atoms with E-state index in [1.165, 1.54) is 16.8 Å². The van der Waals surface area contributed by atoms with Crippen LogP contribution in [0.3, 0.4) is 0 Å². The van der Waals surface area contributed by atoms with Gasteiger partial charge < -0.3 is 16.4 Å². The quantitative estimate of drug-likeness (QED) is 0.600. The summed E-state index contributed by atoms with van der Waals surface area (Å²) in [6.45, 7) is 5.27. The van der Waals surface area contributed by atoms with Gasteiger partial charge in [-0.3, -0.25) is 4.79 Å². The van der Waals surface area contributed by atoms with E-state index >= 15 is 0 Å². The molecule has 0 saturated heterocycles. The Labute approximate surface area is 159 Å². The van der Waals surface area contributed by atoms with Gasteiger partial charge in [-0.25, -0.2) is 13.5 Å². The zero-order valence-corrected chi connectivity index (χ0v) is 15.5. The van der Waals surface area contributed by atoms with Crippen LogP contribution in [0.1, 0.15) is 18.3 Å². The predicted molar refractivity (Wildman–Crippen MR) is 101 cm³/mol. The summed E-state index contributed by atoms with van der Waals surface area (Å²) in [5.74, 6) is -1.65. The summed E-state index contributed by atoms with van der Waals surface area (Å²) < 4.78 is 28.2. The molecule has 0 radical (unpaired) electrons. The van der Waals surface area contributed by atoms with Crippen LogP contribution < -0.4 is 16.4 Å². The Kier molecular flexibility index (Phi) is 5.21. The molecule has 10 heteroatoms. The Hall–Kier alpha value is -3.56. The van der Waals surface area contributed by atoms with Gasteiger partial charge in [-0.2, -0.15) is 15.1 Å². The van der Waals surface area contributed by atoms with Crippen LogP contribution in [0.15, 0.2) is 30.3 Å². The second-order valence-electron chi connectivity index (χ2n) is 6.30. The lowest BCUT2D eigenvalue weighted by atomic mass is 10.3. The zero-order chi connectivity index (χ0) is 20.4. The smallest absolute Gasteiger partial charge is 0.254 e. The van der Waals surface area contributed by atoms with E-state index in [0.29, 0.717) is 17.3 Å². The lowest BCUT2D eigenvalue weighted by molar-refractivity contribution is -0.118. The lowest BCUT2D eigenvalue weighted by Gasteiger charge is -2.14. The molecule has 1 aromatic carbocycles. The molecule has 3 aromatic rings. The summed E-state index contributed by atoms with van der Waals surface area (Å²) in [5.41, 5.74) is 7.17. The molecule has 0 saturated carbocycles. The van der Waals surface area contributed by atoms with Gasteiger partial charge in [-0.05, 0) is 39.0 Å². The number of carbonyl (C=O) groups is 1. The number of hydrogen-bond donors (Lipinski definition) is 3. The Balaban J connectivity index is 2.02. The molecule has 0 bridgehead atoms. The fourth-order valence-electron chi connectivity index (χ4n) is 2.51. The molecule has 0 aliphatic heterocycles. The van der Waals surface area contributed by atoms with Crippen molar-refractivity contribution >= 4 is 23.2 Å². The first-order valence-corrected chi connectivity index (χ1v) is 8.43. The normalized spacial score (nSPS) is 11.9. The van der Waals surface area contributed by atoms with Crippen molar-refractivity contribution in [3.05, 3.63) is 53.4 Å². The minimum atomic E-state index is -0.987. The minimum absolute atomic E-state index is 0.234. The number of nitrogens with zero attached hydrogens (tertiary/aromatic N) is 4. The van der Waals surface area contributed by atoms with E-state index in [4.69, 9.17) is 5.73 Å². The third-order valence-electron chi connectivity index (χ3n) is 3.90. The van der Waals surface area contributed by atoms with Crippen LogP contribution in [-0.4, -0.2) is 31.7 Å². The van der Waals surface area contributed by atoms with Crippen molar-refractivity contribution in [2.24, 2.45) is 5.73 Å². The van der Waals surface area contributed by atoms with Crippen molar-refractivity contribution < 1.29 is 13.6 Å². The highest BCUT2D eigenvalue weighted by molar-refractivity contribution is 5.82. The molecular weight excluding hydrogens is 368 g/mol. The van der Waals surface area contributed by atoms with Gasteiger partial charge in [0.25, 0.3) is 5.95 Å². The van der Waals surface area contributed by atoms with Crippen LogP contribution in [0, 0.1) is 25.5 Å². The first-order chi connectivity index (χ1) is 13.2. The Morgan fingerprint density at radius 3 is 2.43 bits per heavy atom. The van der Waals surface area contributed by atoms with Crippen LogP contribution in [0.5, 0.6) is 0 Å². The highest BCUT2D eigenvalue weighted by Crippen LogP contribution is 2.21. The van der Waals surface area contributed by atoms with E-state index in [9.17, 15) is 13.6 Å². The van der Waals surface area contributed by atoms with Crippen molar-refractivity contribution in [1.29, 1.82) is 0 Å². The van der Waals surface area contributed by atoms with Crippen LogP contribution >= 0.6 is 0 Å². The van der Waals surface area contributed by atoms with Crippen molar-refractivity contribution in [3.63, 3.8) is 0 Å². The highest BCUT2D eigenvalue weighted by atomic mass is 19.2. The molecule has 146 valence electrons. The van der Waals surface area contributed by atoms with Crippen LogP contribution in [0.4, 0.5) is 26.1 Å². The van der Waals surface area contributed by atoms with Crippen LogP contribution in [0.25, 0.3) is 5.95 Å². The number of halogens is 2. The number of primary amides is 1. The van der Waals surface area contributed by atoms with E-state index in [1.54, 1.807) is 6.92 Å². The molecule has 3 rings (SSSR count). The third-order valence-corrected chi connectivity index (χ3v) is 3.90. The first-order valence-electron chi connectivity index (χ1n) is 8.43. The SMILES string of the molecule is Cc1cc(C)n(-c2nc(Nc3ccc(F)c(F)c3)cc(NC(C)C(N)=O)n2)n1. The molecule has 8 nitrogen and oxygen atoms in total. The fourth-order valence-corrected chi connectivity index (χ4v) is 2.51. The van der Waals surface area contributed by atoms with Gasteiger partial charge in [-0.1, -0.05) is 0 Å². The topological polar surface area (TPSA) is 111 Å². The molecule has 28 heavy (non-hydrogen) atoms. The summed E-state index contributed by atoms with van der Waals surface area (Å²) in [4.78, 5) is 20.1. The number of amides is 1. The number of aromatic nitrogens is 4. The van der Waals surface area contributed by atoms with E-state index < -0.39 is 23.6 Å². The molecule has 2 heterocycles. The standard InChI is InChI=1S/C18H19F2N7O/c1-9-6-10(2)27(26-9)18-24-15(22-11(3)17(21)28)8-16(25-18)23-12-4-5-13(19)14(20)7-12/h4-8,11H,1-3H3,(H2,21,28)(H2,22,23,24,25). The van der Waals surface area contributed by atoms with Gasteiger partial charge in [0.15, 0.2) is 11.6 Å². The van der Waals surface area contributed by atoms with Crippen molar-refractivity contribution in [2.45, 2.75) is 26.8 Å². The number of hydrogen-bond acceptors (Lipinski definition) is 6. The molecule has 0 spiro atoms. The largest absolute Gasteiger partial charge is 0.368 e. The molecule has 1 amide bonds. The molecule has 0 aliphatic rings. The Morgan fingerprint density at radius 1 is 1.11 bits per heavy atom. The van der Waals surface area contributed by atoms with Crippen LogP contribution in [-0.2, 0) is 4.79 Å². The van der Waals surface area contributed by atoms with Gasteiger partial charge in [0, 0.05) is 23.5 Å². The number of rotatable bonds is 6. The summed E-state index contributed by atoms with van der Waals surface area (Å²) in [7, 11) is 0. The molecule has 2 aromatic heterocycles. The molecule has 0 fully saturated rings. The Morgan fingerprint density at radius 2 is 1.82 bits per heavy atom. The predicted octanol–water partition coefficient (Wildman–Crippen LogP) is 2.59. The van der Waals surface area contributed by atoms with Crippen LogP contribution in [0.2, 0.25) is 0 Å². The van der Waals surface area contributed by atoms with Gasteiger partial charge in [0.05, 0.1) is 5.69 Å². The van der Waals surface area contributed by atoms with Gasteiger partial charge in [0.1, 0.15) is 17.7 Å². The van der Waals surface area contributed by atoms with Crippen molar-refractivity contribution in [3.8, 4) is 5.95 Å². The number of benzene rings is 1. The van der Waals surface area contributed by atoms with E-state index in [0.717, 1.165) is 23.5 Å². The molecular formula is C18H19F2N7O. The van der Waals surface area contributed by atoms with E-state index in [1.807, 2.05) is 19.9 Å². The van der Waals surface area contributed by atoms with E-state index in [2.05, 4.69) is 25.7 Å². The third kappa shape index (κ3) is 4.22. The molecule has 1 unspecified atom stereocenters. The monoisotopic (exact) mass is 387 g/mol. The van der Waals surface area contributed by atoms with Crippen molar-refractivity contribution in [1.82, 2.24) is 19.7 Å². The average molecular weight is 387 g/mol. The molecule has 1 atom stereocenters.